The summed E-state index contributed by atoms with van der Waals surface area (Å²) < 4.78 is 22.6. The van der Waals surface area contributed by atoms with Crippen molar-refractivity contribution in [2.24, 2.45) is 0 Å². The highest BCUT2D eigenvalue weighted by molar-refractivity contribution is 8.00. The second-order valence-corrected chi connectivity index (χ2v) is 7.06. The molecule has 0 aromatic rings. The standard InChI is InChI=1S/C9H15NO5S2/c11-8(6-16-7-9(12)13)10-2-1-4-17(14,15)5-3-10/h1-7H2,(H,12,13). The minimum Gasteiger partial charge on any atom is -0.481 e. The van der Waals surface area contributed by atoms with Gasteiger partial charge in [0.2, 0.25) is 5.91 Å². The van der Waals surface area contributed by atoms with E-state index in [-0.39, 0.29) is 35.5 Å². The van der Waals surface area contributed by atoms with Crippen molar-refractivity contribution in [2.45, 2.75) is 6.42 Å². The lowest BCUT2D eigenvalue weighted by Gasteiger charge is -2.19. The van der Waals surface area contributed by atoms with Crippen LogP contribution in [0.1, 0.15) is 6.42 Å². The summed E-state index contributed by atoms with van der Waals surface area (Å²) in [5.41, 5.74) is 0. The number of nitrogens with zero attached hydrogens (tertiary/aromatic N) is 1. The number of carboxylic acids is 1. The van der Waals surface area contributed by atoms with E-state index < -0.39 is 15.8 Å². The summed E-state index contributed by atoms with van der Waals surface area (Å²) in [7, 11) is -3.01. The number of hydrogen-bond acceptors (Lipinski definition) is 5. The Kier molecular flexibility index (Phi) is 5.26. The van der Waals surface area contributed by atoms with Crippen molar-refractivity contribution in [2.75, 3.05) is 36.1 Å². The molecule has 0 saturated carbocycles. The number of hydrogen-bond donors (Lipinski definition) is 1. The Morgan fingerprint density at radius 1 is 1.18 bits per heavy atom. The zero-order chi connectivity index (χ0) is 12.9. The zero-order valence-corrected chi connectivity index (χ0v) is 10.9. The summed E-state index contributed by atoms with van der Waals surface area (Å²) >= 11 is 1.03. The Balaban J connectivity index is 2.39. The van der Waals surface area contributed by atoms with Crippen molar-refractivity contribution in [3.63, 3.8) is 0 Å². The minimum atomic E-state index is -3.01. The van der Waals surface area contributed by atoms with E-state index in [1.165, 1.54) is 4.90 Å². The van der Waals surface area contributed by atoms with Crippen molar-refractivity contribution in [1.29, 1.82) is 0 Å². The van der Waals surface area contributed by atoms with Crippen LogP contribution in [0.25, 0.3) is 0 Å². The first-order valence-corrected chi connectivity index (χ1v) is 8.16. The smallest absolute Gasteiger partial charge is 0.313 e. The van der Waals surface area contributed by atoms with Gasteiger partial charge in [-0.1, -0.05) is 0 Å². The fourth-order valence-corrected chi connectivity index (χ4v) is 3.41. The predicted molar refractivity (Wildman–Crippen MR) is 64.8 cm³/mol. The highest BCUT2D eigenvalue weighted by Crippen LogP contribution is 2.08. The monoisotopic (exact) mass is 281 g/mol. The van der Waals surface area contributed by atoms with Crippen LogP contribution in [-0.4, -0.2) is 66.4 Å². The van der Waals surface area contributed by atoms with Gasteiger partial charge in [-0.15, -0.1) is 11.8 Å². The van der Waals surface area contributed by atoms with Crippen LogP contribution < -0.4 is 0 Å². The average Bonchev–Trinajstić information content (AvgIpc) is 2.38. The topological polar surface area (TPSA) is 91.8 Å². The van der Waals surface area contributed by atoms with Crippen LogP contribution in [0.4, 0.5) is 0 Å². The molecule has 0 aromatic carbocycles. The Labute approximate surface area is 104 Å². The average molecular weight is 281 g/mol. The first kappa shape index (κ1) is 14.3. The Morgan fingerprint density at radius 2 is 1.88 bits per heavy atom. The van der Waals surface area contributed by atoms with Gasteiger partial charge in [-0.3, -0.25) is 9.59 Å². The molecule has 1 heterocycles. The molecule has 0 radical (unpaired) electrons. The summed E-state index contributed by atoms with van der Waals surface area (Å²) in [5.74, 6) is -1.04. The summed E-state index contributed by atoms with van der Waals surface area (Å²) in [6, 6.07) is 0. The Bertz CT molecular complexity index is 392. The van der Waals surface area contributed by atoms with Gasteiger partial charge >= 0.3 is 5.97 Å². The number of carbonyl (C=O) groups excluding carboxylic acids is 1. The van der Waals surface area contributed by atoms with E-state index in [4.69, 9.17) is 5.11 Å². The molecule has 1 amide bonds. The fraction of sp³-hybridized carbons (Fsp3) is 0.778. The van der Waals surface area contributed by atoms with Gasteiger partial charge in [0.15, 0.2) is 9.84 Å². The third-order valence-electron chi connectivity index (χ3n) is 2.36. The number of amides is 1. The third kappa shape index (κ3) is 5.40. The van der Waals surface area contributed by atoms with E-state index in [1.54, 1.807) is 0 Å². The summed E-state index contributed by atoms with van der Waals surface area (Å²) in [4.78, 5) is 23.4. The summed E-state index contributed by atoms with van der Waals surface area (Å²) in [6.07, 6.45) is 0.456. The van der Waals surface area contributed by atoms with Crippen LogP contribution in [0.15, 0.2) is 0 Å². The highest BCUT2D eigenvalue weighted by atomic mass is 32.2. The molecule has 6 nitrogen and oxygen atoms in total. The lowest BCUT2D eigenvalue weighted by Crippen LogP contribution is -2.35. The molecule has 1 fully saturated rings. The zero-order valence-electron chi connectivity index (χ0n) is 9.29. The third-order valence-corrected chi connectivity index (χ3v) is 4.98. The van der Waals surface area contributed by atoms with E-state index in [0.717, 1.165) is 11.8 Å². The molecular weight excluding hydrogens is 266 g/mol. The van der Waals surface area contributed by atoms with E-state index in [2.05, 4.69) is 0 Å². The van der Waals surface area contributed by atoms with E-state index in [9.17, 15) is 18.0 Å². The second kappa shape index (κ2) is 6.25. The largest absolute Gasteiger partial charge is 0.481 e. The van der Waals surface area contributed by atoms with Gasteiger partial charge < -0.3 is 10.0 Å². The molecule has 1 aliphatic heterocycles. The molecule has 17 heavy (non-hydrogen) atoms. The number of sulfone groups is 1. The number of thioether (sulfide) groups is 1. The van der Waals surface area contributed by atoms with E-state index in [1.807, 2.05) is 0 Å². The van der Waals surface area contributed by atoms with Gasteiger partial charge in [0.25, 0.3) is 0 Å². The molecule has 8 heteroatoms. The van der Waals surface area contributed by atoms with Crippen LogP contribution in [0.3, 0.4) is 0 Å². The quantitative estimate of drug-likeness (QED) is 0.743. The summed E-state index contributed by atoms with van der Waals surface area (Å²) in [5, 5.41) is 8.43. The summed E-state index contributed by atoms with van der Waals surface area (Å²) in [6.45, 7) is 0.653. The first-order valence-electron chi connectivity index (χ1n) is 5.18. The lowest BCUT2D eigenvalue weighted by molar-refractivity contribution is -0.133. The van der Waals surface area contributed by atoms with Gasteiger partial charge in [0, 0.05) is 13.1 Å². The fourth-order valence-electron chi connectivity index (χ4n) is 1.50. The maximum atomic E-state index is 11.7. The SMILES string of the molecule is O=C(O)CSCC(=O)N1CCCS(=O)(=O)CC1. The Hall–Kier alpha value is -0.760. The molecular formula is C9H15NO5S2. The molecule has 0 atom stereocenters. The van der Waals surface area contributed by atoms with Crippen molar-refractivity contribution in [3.8, 4) is 0 Å². The Morgan fingerprint density at radius 3 is 2.53 bits per heavy atom. The number of carbonyl (C=O) groups is 2. The second-order valence-electron chi connectivity index (χ2n) is 3.77. The van der Waals surface area contributed by atoms with E-state index in [0.29, 0.717) is 13.0 Å². The van der Waals surface area contributed by atoms with Gasteiger partial charge in [-0.05, 0) is 6.42 Å². The normalized spacial score (nSPS) is 19.6. The molecule has 1 aliphatic rings. The number of rotatable bonds is 4. The molecule has 0 unspecified atom stereocenters. The van der Waals surface area contributed by atoms with Crippen LogP contribution in [-0.2, 0) is 19.4 Å². The number of carboxylic acid groups (broad SMARTS) is 1. The van der Waals surface area contributed by atoms with Gasteiger partial charge in [-0.2, -0.15) is 0 Å². The predicted octanol–water partition coefficient (Wildman–Crippen LogP) is -0.549. The molecule has 1 N–H and O–H groups in total. The maximum Gasteiger partial charge on any atom is 0.313 e. The van der Waals surface area contributed by atoms with Gasteiger partial charge in [0.1, 0.15) is 0 Å². The minimum absolute atomic E-state index is 0.00232. The molecule has 1 rings (SSSR count). The molecule has 0 aromatic heterocycles. The van der Waals surface area contributed by atoms with Crippen LogP contribution in [0.2, 0.25) is 0 Å². The van der Waals surface area contributed by atoms with Gasteiger partial charge in [-0.25, -0.2) is 8.42 Å². The molecule has 0 bridgehead atoms. The lowest BCUT2D eigenvalue weighted by atomic mass is 10.4. The van der Waals surface area contributed by atoms with Crippen LogP contribution in [0.5, 0.6) is 0 Å². The van der Waals surface area contributed by atoms with Crippen molar-refractivity contribution >= 4 is 33.5 Å². The molecule has 0 spiro atoms. The van der Waals surface area contributed by atoms with Crippen LogP contribution >= 0.6 is 11.8 Å². The highest BCUT2D eigenvalue weighted by Gasteiger charge is 2.22. The number of aliphatic carboxylic acids is 1. The van der Waals surface area contributed by atoms with Crippen molar-refractivity contribution in [1.82, 2.24) is 4.90 Å². The van der Waals surface area contributed by atoms with Crippen molar-refractivity contribution in [3.05, 3.63) is 0 Å². The van der Waals surface area contributed by atoms with Crippen molar-refractivity contribution < 1.29 is 23.1 Å². The molecule has 1 saturated heterocycles. The molecule has 0 aliphatic carbocycles. The maximum absolute atomic E-state index is 11.7. The van der Waals surface area contributed by atoms with E-state index >= 15 is 0 Å². The molecule has 98 valence electrons. The van der Waals surface area contributed by atoms with Crippen LogP contribution in [0, 0.1) is 0 Å². The first-order chi connectivity index (χ1) is 7.91. The van der Waals surface area contributed by atoms with Gasteiger partial charge in [0.05, 0.1) is 23.0 Å².